The number of aromatic nitrogens is 5. The lowest BCUT2D eigenvalue weighted by Crippen LogP contribution is -2.10. The Hall–Kier alpha value is -2.05. The molecule has 0 atom stereocenters. The second kappa shape index (κ2) is 5.07. The molecule has 7 heteroatoms. The maximum Gasteiger partial charge on any atom is 0.169 e. The molecule has 2 rings (SSSR count). The number of nitrogens with two attached hydrogens (primary N) is 1. The first-order chi connectivity index (χ1) is 8.61. The van der Waals surface area contributed by atoms with Gasteiger partial charge in [0.2, 0.25) is 0 Å². The fourth-order valence-electron chi connectivity index (χ4n) is 1.78. The average Bonchev–Trinajstić information content (AvgIpc) is 2.84. The van der Waals surface area contributed by atoms with E-state index in [0.717, 1.165) is 30.3 Å². The SMILES string of the molecule is CCCn1nc(C)c(N)c1NCc1ncn(C)n1. The normalized spacial score (nSPS) is 10.8. The van der Waals surface area contributed by atoms with Gasteiger partial charge in [-0.25, -0.2) is 9.67 Å². The maximum absolute atomic E-state index is 6.01. The molecule has 3 N–H and O–H groups in total. The molecule has 2 aromatic heterocycles. The molecule has 0 amide bonds. The van der Waals surface area contributed by atoms with Crippen molar-refractivity contribution in [2.24, 2.45) is 7.05 Å². The molecule has 0 saturated heterocycles. The smallest absolute Gasteiger partial charge is 0.169 e. The summed E-state index contributed by atoms with van der Waals surface area (Å²) >= 11 is 0. The van der Waals surface area contributed by atoms with Crippen LogP contribution < -0.4 is 11.1 Å². The molecule has 18 heavy (non-hydrogen) atoms. The maximum atomic E-state index is 6.01. The Morgan fingerprint density at radius 3 is 2.78 bits per heavy atom. The zero-order valence-corrected chi connectivity index (χ0v) is 11.0. The number of nitrogens with zero attached hydrogens (tertiary/aromatic N) is 5. The number of hydrogen-bond acceptors (Lipinski definition) is 5. The Morgan fingerprint density at radius 2 is 2.17 bits per heavy atom. The topological polar surface area (TPSA) is 86.6 Å². The fraction of sp³-hybridized carbons (Fsp3) is 0.545. The van der Waals surface area contributed by atoms with Crippen LogP contribution in [0.4, 0.5) is 11.5 Å². The average molecular weight is 249 g/mol. The van der Waals surface area contributed by atoms with E-state index in [1.807, 2.05) is 18.7 Å². The van der Waals surface area contributed by atoms with E-state index in [1.54, 1.807) is 11.0 Å². The number of nitrogens with one attached hydrogen (secondary N) is 1. The van der Waals surface area contributed by atoms with Crippen molar-refractivity contribution >= 4 is 11.5 Å². The Kier molecular flexibility index (Phi) is 3.50. The van der Waals surface area contributed by atoms with Crippen LogP contribution in [0.3, 0.4) is 0 Å². The lowest BCUT2D eigenvalue weighted by Gasteiger charge is -2.08. The third kappa shape index (κ3) is 2.44. The van der Waals surface area contributed by atoms with E-state index in [-0.39, 0.29) is 0 Å². The van der Waals surface area contributed by atoms with Gasteiger partial charge in [0, 0.05) is 13.6 Å². The van der Waals surface area contributed by atoms with Gasteiger partial charge in [-0.1, -0.05) is 6.92 Å². The summed E-state index contributed by atoms with van der Waals surface area (Å²) in [6.07, 6.45) is 2.69. The molecule has 7 nitrogen and oxygen atoms in total. The first kappa shape index (κ1) is 12.4. The first-order valence-corrected chi connectivity index (χ1v) is 6.03. The Bertz CT molecular complexity index is 525. The monoisotopic (exact) mass is 249 g/mol. The van der Waals surface area contributed by atoms with E-state index in [0.29, 0.717) is 12.2 Å². The molecule has 0 unspecified atom stereocenters. The fourth-order valence-corrected chi connectivity index (χ4v) is 1.78. The third-order valence-electron chi connectivity index (χ3n) is 2.67. The molecule has 0 aliphatic heterocycles. The number of hydrogen-bond donors (Lipinski definition) is 2. The van der Waals surface area contributed by atoms with Gasteiger partial charge in [-0.3, -0.25) is 4.68 Å². The van der Waals surface area contributed by atoms with E-state index in [9.17, 15) is 0 Å². The quantitative estimate of drug-likeness (QED) is 0.823. The summed E-state index contributed by atoms with van der Waals surface area (Å²) in [6.45, 7) is 5.40. The van der Waals surface area contributed by atoms with E-state index in [2.05, 4.69) is 27.4 Å². The number of nitrogen functional groups attached to an aromatic ring is 1. The van der Waals surface area contributed by atoms with Crippen LogP contribution in [0.2, 0.25) is 0 Å². The largest absolute Gasteiger partial charge is 0.394 e. The van der Waals surface area contributed by atoms with Gasteiger partial charge < -0.3 is 11.1 Å². The van der Waals surface area contributed by atoms with E-state index in [4.69, 9.17) is 5.73 Å². The molecular weight excluding hydrogens is 230 g/mol. The van der Waals surface area contributed by atoms with Gasteiger partial charge in [0.05, 0.1) is 17.9 Å². The number of rotatable bonds is 5. The van der Waals surface area contributed by atoms with Gasteiger partial charge in [-0.2, -0.15) is 10.2 Å². The lowest BCUT2D eigenvalue weighted by molar-refractivity contribution is 0.602. The number of anilines is 2. The molecule has 0 radical (unpaired) electrons. The van der Waals surface area contributed by atoms with Crippen LogP contribution in [-0.4, -0.2) is 24.5 Å². The standard InChI is InChI=1S/C11H19N7/c1-4-5-18-11(10(12)8(2)15-18)13-6-9-14-7-17(3)16-9/h7,13H,4-6,12H2,1-3H3. The van der Waals surface area contributed by atoms with Crippen LogP contribution in [0.1, 0.15) is 24.9 Å². The second-order valence-corrected chi connectivity index (χ2v) is 4.26. The van der Waals surface area contributed by atoms with Crippen molar-refractivity contribution in [1.82, 2.24) is 24.5 Å². The van der Waals surface area contributed by atoms with Crippen LogP contribution in [0.5, 0.6) is 0 Å². The van der Waals surface area contributed by atoms with Gasteiger partial charge in [0.15, 0.2) is 5.82 Å². The molecule has 2 aromatic rings. The van der Waals surface area contributed by atoms with Crippen molar-refractivity contribution in [3.63, 3.8) is 0 Å². The number of aryl methyl sites for hydroxylation is 3. The summed E-state index contributed by atoms with van der Waals surface area (Å²) in [5.74, 6) is 1.58. The summed E-state index contributed by atoms with van der Waals surface area (Å²) in [5.41, 5.74) is 7.55. The third-order valence-corrected chi connectivity index (χ3v) is 2.67. The molecular formula is C11H19N7. The summed E-state index contributed by atoms with van der Waals surface area (Å²) < 4.78 is 3.57. The van der Waals surface area contributed by atoms with Crippen molar-refractivity contribution in [3.8, 4) is 0 Å². The molecule has 0 fully saturated rings. The molecule has 0 spiro atoms. The van der Waals surface area contributed by atoms with Gasteiger partial charge in [0.1, 0.15) is 12.1 Å². The molecule has 0 aromatic carbocycles. The molecule has 0 aliphatic rings. The minimum atomic E-state index is 0.542. The Labute approximate surface area is 106 Å². The summed E-state index contributed by atoms with van der Waals surface area (Å²) in [5, 5.41) is 11.9. The van der Waals surface area contributed by atoms with Crippen molar-refractivity contribution < 1.29 is 0 Å². The molecule has 98 valence electrons. The summed E-state index contributed by atoms with van der Waals surface area (Å²) in [4.78, 5) is 4.16. The predicted octanol–water partition coefficient (Wildman–Crippen LogP) is 0.924. The van der Waals surface area contributed by atoms with Crippen LogP contribution in [0, 0.1) is 6.92 Å². The highest BCUT2D eigenvalue weighted by Crippen LogP contribution is 2.22. The highest BCUT2D eigenvalue weighted by Gasteiger charge is 2.12. The minimum Gasteiger partial charge on any atom is -0.394 e. The minimum absolute atomic E-state index is 0.542. The van der Waals surface area contributed by atoms with Gasteiger partial charge >= 0.3 is 0 Å². The van der Waals surface area contributed by atoms with Crippen LogP contribution in [0.15, 0.2) is 6.33 Å². The van der Waals surface area contributed by atoms with Crippen molar-refractivity contribution in [2.45, 2.75) is 33.4 Å². The van der Waals surface area contributed by atoms with Crippen molar-refractivity contribution in [2.75, 3.05) is 11.1 Å². The van der Waals surface area contributed by atoms with Crippen LogP contribution in [-0.2, 0) is 20.1 Å². The van der Waals surface area contributed by atoms with Crippen LogP contribution >= 0.6 is 0 Å². The van der Waals surface area contributed by atoms with Gasteiger partial charge in [-0.15, -0.1) is 0 Å². The zero-order chi connectivity index (χ0) is 13.1. The van der Waals surface area contributed by atoms with Gasteiger partial charge in [-0.05, 0) is 13.3 Å². The van der Waals surface area contributed by atoms with Crippen molar-refractivity contribution in [3.05, 3.63) is 17.8 Å². The molecule has 0 bridgehead atoms. The zero-order valence-electron chi connectivity index (χ0n) is 11.0. The summed E-state index contributed by atoms with van der Waals surface area (Å²) in [7, 11) is 1.84. The Balaban J connectivity index is 2.12. The molecule has 2 heterocycles. The summed E-state index contributed by atoms with van der Waals surface area (Å²) in [6, 6.07) is 0. The molecule has 0 saturated carbocycles. The predicted molar refractivity (Wildman–Crippen MR) is 70.0 cm³/mol. The lowest BCUT2D eigenvalue weighted by atomic mass is 10.4. The highest BCUT2D eigenvalue weighted by molar-refractivity contribution is 5.64. The van der Waals surface area contributed by atoms with Crippen molar-refractivity contribution in [1.29, 1.82) is 0 Å². The van der Waals surface area contributed by atoms with Gasteiger partial charge in [0.25, 0.3) is 0 Å². The molecule has 0 aliphatic carbocycles. The van der Waals surface area contributed by atoms with E-state index >= 15 is 0 Å². The van der Waals surface area contributed by atoms with E-state index in [1.165, 1.54) is 0 Å². The first-order valence-electron chi connectivity index (χ1n) is 6.03. The Morgan fingerprint density at radius 1 is 1.39 bits per heavy atom. The highest BCUT2D eigenvalue weighted by atomic mass is 15.4. The van der Waals surface area contributed by atoms with E-state index < -0.39 is 0 Å². The second-order valence-electron chi connectivity index (χ2n) is 4.26. The van der Waals surface area contributed by atoms with Crippen LogP contribution in [0.25, 0.3) is 0 Å².